The Balaban J connectivity index is 1.66. The molecular weight excluding hydrogens is 450 g/mol. The molecule has 172 valence electrons. The van der Waals surface area contributed by atoms with E-state index in [1.54, 1.807) is 45.2 Å². The van der Waals surface area contributed by atoms with Crippen LogP contribution in [0.15, 0.2) is 41.6 Å². The smallest absolute Gasteiger partial charge is 0.260 e. The van der Waals surface area contributed by atoms with Gasteiger partial charge in [0, 0.05) is 11.8 Å². The summed E-state index contributed by atoms with van der Waals surface area (Å²) in [4.78, 5) is 19.4. The number of nitrogens with zero attached hydrogens (tertiary/aromatic N) is 5. The maximum Gasteiger partial charge on any atom is 0.260 e. The maximum atomic E-state index is 13.5. The Labute approximate surface area is 198 Å². The molecule has 0 atom stereocenters. The lowest BCUT2D eigenvalue weighted by atomic mass is 9.88. The number of anilines is 1. The van der Waals surface area contributed by atoms with Crippen molar-refractivity contribution in [2.24, 2.45) is 0 Å². The molecule has 9 heteroatoms. The molecule has 0 saturated heterocycles. The number of hydrogen-bond donors (Lipinski definition) is 0. The molecule has 0 unspecified atom stereocenters. The molecule has 1 amide bonds. The molecular formula is C25H23N5O3S. The Morgan fingerprint density at radius 3 is 2.53 bits per heavy atom. The van der Waals surface area contributed by atoms with Crippen molar-refractivity contribution in [3.8, 4) is 12.1 Å². The summed E-state index contributed by atoms with van der Waals surface area (Å²) in [6.45, 7) is 5.25. The Morgan fingerprint density at radius 1 is 1.18 bits per heavy atom. The highest BCUT2D eigenvalue weighted by Crippen LogP contribution is 2.48. The molecule has 1 aliphatic carbocycles. The van der Waals surface area contributed by atoms with E-state index in [2.05, 4.69) is 17.1 Å². The van der Waals surface area contributed by atoms with Gasteiger partial charge >= 0.3 is 0 Å². The number of sulfone groups is 1. The molecule has 1 saturated carbocycles. The molecule has 0 spiro atoms. The minimum Gasteiger partial charge on any atom is -0.288 e. The molecule has 8 nitrogen and oxygen atoms in total. The van der Waals surface area contributed by atoms with Gasteiger partial charge < -0.3 is 0 Å². The first-order valence-corrected chi connectivity index (χ1v) is 12.8. The number of carbonyl (C=O) groups excluding carboxylic acids is 1. The third-order valence-electron chi connectivity index (χ3n) is 6.92. The summed E-state index contributed by atoms with van der Waals surface area (Å²) in [6, 6.07) is 13.5. The van der Waals surface area contributed by atoms with E-state index < -0.39 is 20.7 Å². The van der Waals surface area contributed by atoms with Gasteiger partial charge in [-0.3, -0.25) is 14.1 Å². The lowest BCUT2D eigenvalue weighted by Gasteiger charge is -2.17. The summed E-state index contributed by atoms with van der Waals surface area (Å²) in [7, 11) is -3.77. The maximum absolute atomic E-state index is 13.5. The van der Waals surface area contributed by atoms with Crippen molar-refractivity contribution in [2.75, 3.05) is 10.7 Å². The molecule has 34 heavy (non-hydrogen) atoms. The fourth-order valence-electron chi connectivity index (χ4n) is 4.41. The minimum atomic E-state index is -3.77. The van der Waals surface area contributed by atoms with Gasteiger partial charge in [-0.05, 0) is 55.5 Å². The topological polar surface area (TPSA) is 119 Å². The molecule has 0 radical (unpaired) electrons. The van der Waals surface area contributed by atoms with Crippen LogP contribution < -0.4 is 4.90 Å². The van der Waals surface area contributed by atoms with Gasteiger partial charge in [-0.25, -0.2) is 13.4 Å². The van der Waals surface area contributed by atoms with Crippen LogP contribution in [0.5, 0.6) is 0 Å². The number of rotatable bonds is 5. The molecule has 3 aromatic rings. The number of hydrogen-bond acceptors (Lipinski definition) is 6. The SMILES string of the molecule is CCS(=O)(=O)c1c(N2Cc3ccc(C4(C#N)CC4)cc3C2=O)nc2ccc(C(C)(C)C#N)cn12. The fraction of sp³-hybridized carbons (Fsp3) is 0.360. The normalized spacial score (nSPS) is 16.9. The van der Waals surface area contributed by atoms with Gasteiger partial charge in [-0.2, -0.15) is 10.5 Å². The quantitative estimate of drug-likeness (QED) is 0.558. The average molecular weight is 474 g/mol. The molecule has 1 aromatic carbocycles. The minimum absolute atomic E-state index is 0.0577. The van der Waals surface area contributed by atoms with E-state index in [1.807, 2.05) is 12.1 Å². The summed E-state index contributed by atoms with van der Waals surface area (Å²) in [5, 5.41) is 19.0. The molecule has 5 rings (SSSR count). The molecule has 0 N–H and O–H groups in total. The highest BCUT2D eigenvalue weighted by molar-refractivity contribution is 7.91. The Hall–Kier alpha value is -3.69. The molecule has 0 bridgehead atoms. The summed E-state index contributed by atoms with van der Waals surface area (Å²) in [5.41, 5.74) is 1.74. The van der Waals surface area contributed by atoms with Crippen LogP contribution in [0.1, 0.15) is 60.7 Å². The van der Waals surface area contributed by atoms with Gasteiger partial charge in [0.05, 0.1) is 35.3 Å². The zero-order chi connectivity index (χ0) is 24.5. The lowest BCUT2D eigenvalue weighted by molar-refractivity contribution is 0.0995. The average Bonchev–Trinajstić information content (AvgIpc) is 3.44. The highest BCUT2D eigenvalue weighted by Gasteiger charge is 2.46. The van der Waals surface area contributed by atoms with Crippen molar-refractivity contribution < 1.29 is 13.2 Å². The number of aromatic nitrogens is 2. The van der Waals surface area contributed by atoms with Crippen molar-refractivity contribution in [2.45, 2.75) is 56.0 Å². The van der Waals surface area contributed by atoms with Crippen LogP contribution in [-0.2, 0) is 27.2 Å². The fourth-order valence-corrected chi connectivity index (χ4v) is 5.56. The Bertz CT molecular complexity index is 1570. The van der Waals surface area contributed by atoms with Crippen LogP contribution in [0.25, 0.3) is 5.65 Å². The van der Waals surface area contributed by atoms with Crippen molar-refractivity contribution in [1.82, 2.24) is 9.38 Å². The monoisotopic (exact) mass is 473 g/mol. The van der Waals surface area contributed by atoms with E-state index in [0.29, 0.717) is 16.8 Å². The Kier molecular flexibility index (Phi) is 4.65. The predicted octanol–water partition coefficient (Wildman–Crippen LogP) is 3.64. The summed E-state index contributed by atoms with van der Waals surface area (Å²) in [6.07, 6.45) is 3.16. The van der Waals surface area contributed by atoms with Crippen molar-refractivity contribution in [3.05, 3.63) is 58.8 Å². The summed E-state index contributed by atoms with van der Waals surface area (Å²) < 4.78 is 27.9. The van der Waals surface area contributed by atoms with Gasteiger partial charge in [-0.15, -0.1) is 0 Å². The van der Waals surface area contributed by atoms with Crippen molar-refractivity contribution in [3.63, 3.8) is 0 Å². The molecule has 2 aromatic heterocycles. The summed E-state index contributed by atoms with van der Waals surface area (Å²) in [5.74, 6) is -0.416. The number of imidazole rings is 1. The number of nitriles is 2. The van der Waals surface area contributed by atoms with Crippen LogP contribution in [0, 0.1) is 22.7 Å². The van der Waals surface area contributed by atoms with E-state index in [4.69, 9.17) is 0 Å². The molecule has 1 fully saturated rings. The second-order valence-corrected chi connectivity index (χ2v) is 11.7. The first-order valence-electron chi connectivity index (χ1n) is 11.1. The van der Waals surface area contributed by atoms with Crippen molar-refractivity contribution in [1.29, 1.82) is 10.5 Å². The van der Waals surface area contributed by atoms with Gasteiger partial charge in [0.25, 0.3) is 5.91 Å². The zero-order valence-corrected chi connectivity index (χ0v) is 20.0. The highest BCUT2D eigenvalue weighted by atomic mass is 32.2. The van der Waals surface area contributed by atoms with E-state index in [0.717, 1.165) is 24.0 Å². The molecule has 2 aliphatic rings. The number of carbonyl (C=O) groups is 1. The largest absolute Gasteiger partial charge is 0.288 e. The predicted molar refractivity (Wildman–Crippen MR) is 125 cm³/mol. The van der Waals surface area contributed by atoms with Gasteiger partial charge in [0.1, 0.15) is 5.65 Å². The second kappa shape index (κ2) is 7.15. The summed E-state index contributed by atoms with van der Waals surface area (Å²) >= 11 is 0. The van der Waals surface area contributed by atoms with E-state index >= 15 is 0 Å². The van der Waals surface area contributed by atoms with Crippen LogP contribution >= 0.6 is 0 Å². The Morgan fingerprint density at radius 2 is 1.91 bits per heavy atom. The van der Waals surface area contributed by atoms with Crippen LogP contribution in [0.4, 0.5) is 5.82 Å². The van der Waals surface area contributed by atoms with E-state index in [-0.39, 0.29) is 29.0 Å². The molecule has 1 aliphatic heterocycles. The first-order chi connectivity index (χ1) is 16.1. The third kappa shape index (κ3) is 3.12. The van der Waals surface area contributed by atoms with Gasteiger partial charge in [0.15, 0.2) is 20.7 Å². The standard InChI is InChI=1S/C25H23N5O3S/c1-4-34(32,33)23-21(28-20-8-7-18(13-29(20)23)24(2,3)14-26)30-12-16-5-6-17(11-19(16)22(30)31)25(15-27)9-10-25/h5-8,11,13H,4,9-10,12H2,1-3H3. The zero-order valence-electron chi connectivity index (χ0n) is 19.2. The van der Waals surface area contributed by atoms with Crippen LogP contribution in [0.2, 0.25) is 0 Å². The van der Waals surface area contributed by atoms with Crippen molar-refractivity contribution >= 4 is 27.2 Å². The second-order valence-electron chi connectivity index (χ2n) is 9.48. The van der Waals surface area contributed by atoms with E-state index in [9.17, 15) is 23.7 Å². The first kappa shape index (κ1) is 22.1. The van der Waals surface area contributed by atoms with E-state index in [1.165, 1.54) is 9.30 Å². The number of amides is 1. The van der Waals surface area contributed by atoms with Gasteiger partial charge in [-0.1, -0.05) is 25.1 Å². The third-order valence-corrected chi connectivity index (χ3v) is 8.65. The lowest BCUT2D eigenvalue weighted by Crippen LogP contribution is -2.26. The number of benzene rings is 1. The molecule has 3 heterocycles. The van der Waals surface area contributed by atoms with Crippen LogP contribution in [0.3, 0.4) is 0 Å². The number of pyridine rings is 1. The van der Waals surface area contributed by atoms with Crippen LogP contribution in [-0.4, -0.2) is 29.5 Å². The van der Waals surface area contributed by atoms with Gasteiger partial charge in [0.2, 0.25) is 0 Å². The number of fused-ring (bicyclic) bond motifs is 2.